The summed E-state index contributed by atoms with van der Waals surface area (Å²) >= 11 is 0. The summed E-state index contributed by atoms with van der Waals surface area (Å²) in [7, 11) is 3.12. The smallest absolute Gasteiger partial charge is 0.353 e. The summed E-state index contributed by atoms with van der Waals surface area (Å²) < 4.78 is 14.3. The fourth-order valence-electron chi connectivity index (χ4n) is 3.21. The molecule has 0 bridgehead atoms. The molecular weight excluding hydrogens is 354 g/mol. The Kier molecular flexibility index (Phi) is 5.58. The van der Waals surface area contributed by atoms with Crippen LogP contribution in [0.5, 0.6) is 11.8 Å². The van der Waals surface area contributed by atoms with Crippen molar-refractivity contribution in [2.24, 2.45) is 7.05 Å². The van der Waals surface area contributed by atoms with Crippen LogP contribution in [0.1, 0.15) is 42.0 Å². The van der Waals surface area contributed by atoms with E-state index in [-0.39, 0.29) is 11.7 Å². The van der Waals surface area contributed by atoms with Crippen molar-refractivity contribution >= 4 is 0 Å². The minimum absolute atomic E-state index is 0.251. The number of hydrogen-bond acceptors (Lipinski definition) is 4. The minimum Gasteiger partial charge on any atom is -0.489 e. The lowest BCUT2D eigenvalue weighted by molar-refractivity contribution is 0.302. The molecule has 3 aromatic rings. The molecule has 0 saturated heterocycles. The van der Waals surface area contributed by atoms with Gasteiger partial charge < -0.3 is 9.47 Å². The average molecular weight is 381 g/mol. The van der Waals surface area contributed by atoms with Crippen molar-refractivity contribution in [3.63, 3.8) is 0 Å². The Morgan fingerprint density at radius 3 is 2.54 bits per heavy atom. The summed E-state index contributed by atoms with van der Waals surface area (Å²) in [6, 6.07) is 12.4. The number of hydrogen-bond donors (Lipinski definition) is 0. The highest BCUT2D eigenvalue weighted by Crippen LogP contribution is 2.27. The SMILES string of the molecule is COc1nn(C)c(=O)n1-c1c(C)cccc1COc1cc(C(C)C)ccc1C. The molecule has 0 fully saturated rings. The van der Waals surface area contributed by atoms with Crippen LogP contribution in [0.25, 0.3) is 5.69 Å². The summed E-state index contributed by atoms with van der Waals surface area (Å²) in [6.45, 7) is 8.65. The van der Waals surface area contributed by atoms with Crippen LogP contribution in [0, 0.1) is 13.8 Å². The molecule has 0 radical (unpaired) electrons. The van der Waals surface area contributed by atoms with Gasteiger partial charge in [0.05, 0.1) is 12.8 Å². The van der Waals surface area contributed by atoms with Gasteiger partial charge in [0, 0.05) is 12.6 Å². The molecule has 0 atom stereocenters. The number of ether oxygens (including phenoxy) is 2. The van der Waals surface area contributed by atoms with Gasteiger partial charge in [0.1, 0.15) is 12.4 Å². The van der Waals surface area contributed by atoms with Gasteiger partial charge in [0.15, 0.2) is 0 Å². The van der Waals surface area contributed by atoms with Crippen molar-refractivity contribution in [2.45, 2.75) is 40.2 Å². The summed E-state index contributed by atoms with van der Waals surface area (Å²) in [5.41, 5.74) is 4.63. The highest BCUT2D eigenvalue weighted by molar-refractivity contribution is 5.49. The zero-order chi connectivity index (χ0) is 20.4. The lowest BCUT2D eigenvalue weighted by atomic mass is 10.0. The average Bonchev–Trinajstić information content (AvgIpc) is 2.95. The number of nitrogens with zero attached hydrogens (tertiary/aromatic N) is 3. The van der Waals surface area contributed by atoms with Crippen LogP contribution >= 0.6 is 0 Å². The van der Waals surface area contributed by atoms with E-state index in [1.807, 2.05) is 32.0 Å². The second kappa shape index (κ2) is 7.92. The van der Waals surface area contributed by atoms with E-state index in [2.05, 4.69) is 37.1 Å². The molecule has 0 amide bonds. The van der Waals surface area contributed by atoms with Crippen molar-refractivity contribution < 1.29 is 9.47 Å². The molecule has 0 aliphatic heterocycles. The molecule has 0 saturated carbocycles. The van der Waals surface area contributed by atoms with Crippen LogP contribution in [0.3, 0.4) is 0 Å². The van der Waals surface area contributed by atoms with Crippen molar-refractivity contribution in [1.82, 2.24) is 14.3 Å². The van der Waals surface area contributed by atoms with E-state index in [9.17, 15) is 4.79 Å². The number of para-hydroxylation sites is 1. The summed E-state index contributed by atoms with van der Waals surface area (Å²) in [4.78, 5) is 12.6. The van der Waals surface area contributed by atoms with Gasteiger partial charge >= 0.3 is 11.7 Å². The van der Waals surface area contributed by atoms with E-state index in [1.165, 1.54) is 21.9 Å². The van der Waals surface area contributed by atoms with E-state index >= 15 is 0 Å². The number of aromatic nitrogens is 3. The minimum atomic E-state index is -0.259. The summed E-state index contributed by atoms with van der Waals surface area (Å²) in [5, 5.41) is 4.15. The third-order valence-corrected chi connectivity index (χ3v) is 4.88. The third kappa shape index (κ3) is 3.67. The highest BCUT2D eigenvalue weighted by atomic mass is 16.5. The zero-order valence-corrected chi connectivity index (χ0v) is 17.3. The quantitative estimate of drug-likeness (QED) is 0.650. The van der Waals surface area contributed by atoms with Gasteiger partial charge in [0.25, 0.3) is 0 Å². The first-order valence-corrected chi connectivity index (χ1v) is 9.35. The predicted octanol–water partition coefficient (Wildman–Crippen LogP) is 3.90. The van der Waals surface area contributed by atoms with Gasteiger partial charge in [-0.2, -0.15) is 0 Å². The van der Waals surface area contributed by atoms with E-state index in [0.29, 0.717) is 12.5 Å². The summed E-state index contributed by atoms with van der Waals surface area (Å²) in [6.07, 6.45) is 0. The number of methoxy groups -OCH3 is 1. The van der Waals surface area contributed by atoms with Crippen molar-refractivity contribution in [1.29, 1.82) is 0 Å². The van der Waals surface area contributed by atoms with Crippen LogP contribution in [-0.4, -0.2) is 21.5 Å². The topological polar surface area (TPSA) is 58.3 Å². The van der Waals surface area contributed by atoms with Gasteiger partial charge in [-0.3, -0.25) is 0 Å². The van der Waals surface area contributed by atoms with Crippen molar-refractivity contribution in [2.75, 3.05) is 7.11 Å². The van der Waals surface area contributed by atoms with Crippen molar-refractivity contribution in [3.8, 4) is 17.4 Å². The number of aryl methyl sites for hydroxylation is 3. The predicted molar refractivity (Wildman–Crippen MR) is 110 cm³/mol. The molecule has 3 rings (SSSR count). The molecule has 0 aliphatic carbocycles. The molecule has 0 unspecified atom stereocenters. The maximum atomic E-state index is 12.6. The molecule has 28 heavy (non-hydrogen) atoms. The van der Waals surface area contributed by atoms with Crippen LogP contribution in [0.2, 0.25) is 0 Å². The van der Waals surface area contributed by atoms with Crippen LogP contribution in [0.4, 0.5) is 0 Å². The lowest BCUT2D eigenvalue weighted by Gasteiger charge is -2.16. The number of benzene rings is 2. The largest absolute Gasteiger partial charge is 0.489 e. The zero-order valence-electron chi connectivity index (χ0n) is 17.3. The first-order chi connectivity index (χ1) is 13.3. The molecule has 6 nitrogen and oxygen atoms in total. The Balaban J connectivity index is 2.01. The molecule has 6 heteroatoms. The Hall–Kier alpha value is -3.02. The van der Waals surface area contributed by atoms with E-state index in [4.69, 9.17) is 9.47 Å². The fraction of sp³-hybridized carbons (Fsp3) is 0.364. The van der Waals surface area contributed by atoms with Gasteiger partial charge in [-0.05, 0) is 42.5 Å². The fourth-order valence-corrected chi connectivity index (χ4v) is 3.21. The van der Waals surface area contributed by atoms with Crippen LogP contribution in [0.15, 0.2) is 41.2 Å². The normalized spacial score (nSPS) is 11.1. The molecule has 148 valence electrons. The monoisotopic (exact) mass is 381 g/mol. The van der Waals surface area contributed by atoms with E-state index in [0.717, 1.165) is 28.1 Å². The van der Waals surface area contributed by atoms with E-state index < -0.39 is 0 Å². The molecule has 0 aliphatic rings. The molecule has 0 spiro atoms. The molecular formula is C22H27N3O3. The molecule has 1 aromatic heterocycles. The first kappa shape index (κ1) is 19.7. The van der Waals surface area contributed by atoms with Crippen LogP contribution in [-0.2, 0) is 13.7 Å². The lowest BCUT2D eigenvalue weighted by Crippen LogP contribution is -2.23. The van der Waals surface area contributed by atoms with Crippen molar-refractivity contribution in [3.05, 3.63) is 69.1 Å². The Labute approximate surface area is 165 Å². The highest BCUT2D eigenvalue weighted by Gasteiger charge is 2.19. The molecule has 1 heterocycles. The van der Waals surface area contributed by atoms with Gasteiger partial charge in [-0.1, -0.05) is 44.2 Å². The second-order valence-electron chi connectivity index (χ2n) is 7.28. The van der Waals surface area contributed by atoms with Gasteiger partial charge in [-0.25, -0.2) is 14.0 Å². The van der Waals surface area contributed by atoms with E-state index in [1.54, 1.807) is 7.05 Å². The van der Waals surface area contributed by atoms with Gasteiger partial charge in [0.2, 0.25) is 0 Å². The third-order valence-electron chi connectivity index (χ3n) is 4.88. The Bertz CT molecular complexity index is 1050. The Morgan fingerprint density at radius 2 is 1.86 bits per heavy atom. The number of rotatable bonds is 6. The van der Waals surface area contributed by atoms with Gasteiger partial charge in [-0.15, -0.1) is 5.10 Å². The molecule has 0 N–H and O–H groups in total. The Morgan fingerprint density at radius 1 is 1.11 bits per heavy atom. The van der Waals surface area contributed by atoms with Crippen LogP contribution < -0.4 is 15.2 Å². The first-order valence-electron chi connectivity index (χ1n) is 9.35. The maximum Gasteiger partial charge on any atom is 0.353 e. The molecule has 2 aromatic carbocycles. The summed E-state index contributed by atoms with van der Waals surface area (Å²) in [5.74, 6) is 1.28. The second-order valence-corrected chi connectivity index (χ2v) is 7.28. The standard InChI is InChI=1S/C22H27N3O3/c1-14(2)17-11-10-15(3)19(12-17)28-13-18-9-7-8-16(4)20(18)25-21(27-6)23-24(5)22(25)26/h7-12,14H,13H2,1-6H3. The maximum absolute atomic E-state index is 12.6.